The number of hydrogen-bond acceptors (Lipinski definition) is 2. The number of carbonyl (C=O) groups excluding carboxylic acids is 1. The average Bonchev–Trinajstić information content (AvgIpc) is 3.10. The molecular formula is C19H22F3N3O. The molecule has 26 heavy (non-hydrogen) atoms. The second kappa shape index (κ2) is 7.51. The van der Waals surface area contributed by atoms with Crippen LogP contribution in [0.4, 0.5) is 13.2 Å². The van der Waals surface area contributed by atoms with Crippen LogP contribution in [0, 0.1) is 0 Å². The van der Waals surface area contributed by atoms with Gasteiger partial charge in [-0.15, -0.1) is 0 Å². The molecule has 1 aliphatic heterocycles. The van der Waals surface area contributed by atoms with Crippen molar-refractivity contribution >= 4 is 5.91 Å². The third-order valence-corrected chi connectivity index (χ3v) is 4.89. The molecule has 7 heteroatoms. The lowest BCUT2D eigenvalue weighted by atomic mass is 9.96. The molecule has 1 aliphatic rings. The fraction of sp³-hybridized carbons (Fsp3) is 0.474. The number of amides is 1. The van der Waals surface area contributed by atoms with Crippen LogP contribution < -0.4 is 0 Å². The first-order chi connectivity index (χ1) is 12.4. The van der Waals surface area contributed by atoms with Gasteiger partial charge >= 0.3 is 6.18 Å². The Morgan fingerprint density at radius 3 is 2.81 bits per heavy atom. The van der Waals surface area contributed by atoms with Crippen molar-refractivity contribution in [3.05, 3.63) is 53.6 Å². The van der Waals surface area contributed by atoms with Crippen LogP contribution in [-0.4, -0.2) is 33.4 Å². The van der Waals surface area contributed by atoms with Gasteiger partial charge in [-0.1, -0.05) is 18.2 Å². The number of alkyl halides is 3. The van der Waals surface area contributed by atoms with Crippen LogP contribution in [0.25, 0.3) is 0 Å². The molecule has 0 spiro atoms. The van der Waals surface area contributed by atoms with Crippen molar-refractivity contribution in [2.45, 2.75) is 44.8 Å². The monoisotopic (exact) mass is 365 g/mol. The Balaban J connectivity index is 1.73. The average molecular weight is 365 g/mol. The molecule has 0 N–H and O–H groups in total. The van der Waals surface area contributed by atoms with Crippen molar-refractivity contribution in [1.29, 1.82) is 0 Å². The van der Waals surface area contributed by atoms with Gasteiger partial charge in [0, 0.05) is 37.9 Å². The first-order valence-corrected chi connectivity index (χ1v) is 8.84. The van der Waals surface area contributed by atoms with Crippen LogP contribution in [0.5, 0.6) is 0 Å². The lowest BCUT2D eigenvalue weighted by Crippen LogP contribution is -2.40. The molecule has 4 nitrogen and oxygen atoms in total. The summed E-state index contributed by atoms with van der Waals surface area (Å²) in [6.07, 6.45) is 0.737. The Hall–Kier alpha value is -2.31. The van der Waals surface area contributed by atoms with Gasteiger partial charge in [0.15, 0.2) is 0 Å². The zero-order valence-electron chi connectivity index (χ0n) is 14.7. The first kappa shape index (κ1) is 18.5. The molecule has 0 aliphatic carbocycles. The summed E-state index contributed by atoms with van der Waals surface area (Å²) in [7, 11) is 0. The summed E-state index contributed by atoms with van der Waals surface area (Å²) >= 11 is 0. The first-order valence-electron chi connectivity index (χ1n) is 8.84. The molecule has 1 atom stereocenters. The summed E-state index contributed by atoms with van der Waals surface area (Å²) in [5.41, 5.74) is -0.703. The molecule has 0 radical (unpaired) electrons. The van der Waals surface area contributed by atoms with E-state index < -0.39 is 11.7 Å². The van der Waals surface area contributed by atoms with E-state index in [1.54, 1.807) is 11.1 Å². The summed E-state index contributed by atoms with van der Waals surface area (Å²) in [4.78, 5) is 18.7. The highest BCUT2D eigenvalue weighted by Gasteiger charge is 2.34. The normalized spacial score (nSPS) is 18.2. The topological polar surface area (TPSA) is 38.1 Å². The lowest BCUT2D eigenvalue weighted by molar-refractivity contribution is -0.138. The molecule has 0 bridgehead atoms. The van der Waals surface area contributed by atoms with E-state index in [4.69, 9.17) is 0 Å². The number of rotatable bonds is 4. The molecule has 1 fully saturated rings. The van der Waals surface area contributed by atoms with Gasteiger partial charge in [0.25, 0.3) is 0 Å². The number of aryl methyl sites for hydroxylation is 1. The molecule has 0 unspecified atom stereocenters. The number of carbonyl (C=O) groups is 1. The molecule has 1 aromatic heterocycles. The van der Waals surface area contributed by atoms with Gasteiger partial charge in [-0.3, -0.25) is 4.79 Å². The van der Waals surface area contributed by atoms with E-state index in [1.165, 1.54) is 18.2 Å². The number of hydrogen-bond donors (Lipinski definition) is 0. The predicted molar refractivity (Wildman–Crippen MR) is 91.6 cm³/mol. The Morgan fingerprint density at radius 1 is 1.31 bits per heavy atom. The fourth-order valence-corrected chi connectivity index (χ4v) is 3.59. The second-order valence-electron chi connectivity index (χ2n) is 6.58. The number of aromatic nitrogens is 2. The van der Waals surface area contributed by atoms with Crippen molar-refractivity contribution in [3.8, 4) is 0 Å². The quantitative estimate of drug-likeness (QED) is 0.825. The van der Waals surface area contributed by atoms with E-state index in [1.807, 2.05) is 13.1 Å². The van der Waals surface area contributed by atoms with Crippen molar-refractivity contribution in [2.24, 2.45) is 0 Å². The number of likely N-dealkylation sites (tertiary alicyclic amines) is 1. The minimum Gasteiger partial charge on any atom is -0.342 e. The van der Waals surface area contributed by atoms with Gasteiger partial charge in [0.05, 0.1) is 12.0 Å². The minimum absolute atomic E-state index is 0.0298. The highest BCUT2D eigenvalue weighted by atomic mass is 19.4. The minimum atomic E-state index is -4.45. The van der Waals surface area contributed by atoms with Gasteiger partial charge in [0.2, 0.25) is 5.91 Å². The van der Waals surface area contributed by atoms with E-state index in [9.17, 15) is 18.0 Å². The largest absolute Gasteiger partial charge is 0.416 e. The maximum Gasteiger partial charge on any atom is 0.416 e. The number of halogens is 3. The van der Waals surface area contributed by atoms with Crippen molar-refractivity contribution in [1.82, 2.24) is 14.5 Å². The molecule has 2 aromatic rings. The van der Waals surface area contributed by atoms with E-state index >= 15 is 0 Å². The lowest BCUT2D eigenvalue weighted by Gasteiger charge is -2.33. The molecule has 3 rings (SSSR count). The summed E-state index contributed by atoms with van der Waals surface area (Å²) in [5.74, 6) is 0.808. The maximum absolute atomic E-state index is 13.1. The zero-order chi connectivity index (χ0) is 18.7. The van der Waals surface area contributed by atoms with Crippen LogP contribution in [0.2, 0.25) is 0 Å². The standard InChI is InChI=1S/C19H22F3N3O/c1-2-24-11-9-23-18(24)15-7-5-10-25(13-15)17(26)12-14-6-3-4-8-16(14)19(20,21)22/h3-4,6,8-9,11,15H,2,5,7,10,12-13H2,1H3/t15-/m1/s1. The summed E-state index contributed by atoms with van der Waals surface area (Å²) in [6.45, 7) is 3.92. The van der Waals surface area contributed by atoms with Crippen molar-refractivity contribution in [2.75, 3.05) is 13.1 Å². The molecular weight excluding hydrogens is 343 g/mol. The Bertz CT molecular complexity index is 769. The third kappa shape index (κ3) is 3.92. The number of benzene rings is 1. The van der Waals surface area contributed by atoms with Crippen LogP contribution in [-0.2, 0) is 23.9 Å². The van der Waals surface area contributed by atoms with Crippen LogP contribution in [0.3, 0.4) is 0 Å². The summed E-state index contributed by atoms with van der Waals surface area (Å²) in [5, 5.41) is 0. The molecule has 0 saturated carbocycles. The van der Waals surface area contributed by atoms with Crippen molar-refractivity contribution < 1.29 is 18.0 Å². The van der Waals surface area contributed by atoms with E-state index in [0.717, 1.165) is 31.3 Å². The fourth-order valence-electron chi connectivity index (χ4n) is 3.59. The molecule has 140 valence electrons. The number of nitrogens with zero attached hydrogens (tertiary/aromatic N) is 3. The number of piperidine rings is 1. The Kier molecular flexibility index (Phi) is 5.34. The van der Waals surface area contributed by atoms with Gasteiger partial charge < -0.3 is 9.47 Å². The Morgan fingerprint density at radius 2 is 2.08 bits per heavy atom. The van der Waals surface area contributed by atoms with Crippen molar-refractivity contribution in [3.63, 3.8) is 0 Å². The van der Waals surface area contributed by atoms with E-state index in [-0.39, 0.29) is 23.8 Å². The van der Waals surface area contributed by atoms with E-state index in [0.29, 0.717) is 13.1 Å². The molecule has 1 saturated heterocycles. The number of imidazole rings is 1. The highest BCUT2D eigenvalue weighted by Crippen LogP contribution is 2.32. The van der Waals surface area contributed by atoms with Crippen LogP contribution in [0.1, 0.15) is 42.6 Å². The smallest absolute Gasteiger partial charge is 0.342 e. The summed E-state index contributed by atoms with van der Waals surface area (Å²) in [6, 6.07) is 5.29. The summed E-state index contributed by atoms with van der Waals surface area (Å²) < 4.78 is 41.5. The maximum atomic E-state index is 13.1. The van der Waals surface area contributed by atoms with Gasteiger partial charge in [0.1, 0.15) is 5.82 Å². The Labute approximate surface area is 150 Å². The van der Waals surface area contributed by atoms with Gasteiger partial charge in [-0.25, -0.2) is 4.98 Å². The predicted octanol–water partition coefficient (Wildman–Crippen LogP) is 3.87. The zero-order valence-corrected chi connectivity index (χ0v) is 14.7. The highest BCUT2D eigenvalue weighted by molar-refractivity contribution is 5.79. The van der Waals surface area contributed by atoms with Gasteiger partial charge in [-0.05, 0) is 31.4 Å². The van der Waals surface area contributed by atoms with Crippen LogP contribution in [0.15, 0.2) is 36.7 Å². The molecule has 1 aromatic carbocycles. The third-order valence-electron chi connectivity index (χ3n) is 4.89. The molecule has 2 heterocycles. The van der Waals surface area contributed by atoms with Crippen LogP contribution >= 0.6 is 0 Å². The SMILES string of the molecule is CCn1ccnc1[C@@H]1CCCN(C(=O)Cc2ccccc2C(F)(F)F)C1. The molecule has 1 amide bonds. The van der Waals surface area contributed by atoms with E-state index in [2.05, 4.69) is 9.55 Å². The van der Waals surface area contributed by atoms with Gasteiger partial charge in [-0.2, -0.15) is 13.2 Å². The second-order valence-corrected chi connectivity index (χ2v) is 6.58.